The molecule has 2 unspecified atom stereocenters. The smallest absolute Gasteiger partial charge is 0.326 e. The maximum absolute atomic E-state index is 11.7. The molecule has 0 aliphatic carbocycles. The van der Waals surface area contributed by atoms with Gasteiger partial charge in [-0.05, 0) is 12.8 Å². The summed E-state index contributed by atoms with van der Waals surface area (Å²) in [4.78, 5) is 26.0. The van der Waals surface area contributed by atoms with Gasteiger partial charge in [-0.15, -0.1) is 0 Å². The fraction of sp³-hybridized carbons (Fsp3) is 0.778. The lowest BCUT2D eigenvalue weighted by Gasteiger charge is -2.44. The first-order valence-corrected chi connectivity index (χ1v) is 4.94. The molecule has 0 radical (unpaired) electrons. The Morgan fingerprint density at radius 2 is 2.14 bits per heavy atom. The predicted octanol–water partition coefficient (Wildman–Crippen LogP) is -0.240. The molecule has 2 rings (SSSR count). The molecule has 2 atom stereocenters. The van der Waals surface area contributed by atoms with Crippen LogP contribution in [0.25, 0.3) is 0 Å². The zero-order valence-electron chi connectivity index (χ0n) is 8.27. The standard InChI is InChI=1S/C9H15N3O2/c1-11-8(13)5-7-6(10)3-2-4-12(7)9(11)14/h6-7H,2-5,10H2,1H3. The molecule has 78 valence electrons. The Bertz CT molecular complexity index is 279. The van der Waals surface area contributed by atoms with Gasteiger partial charge in [0.15, 0.2) is 0 Å². The van der Waals surface area contributed by atoms with Gasteiger partial charge in [-0.25, -0.2) is 4.79 Å². The van der Waals surface area contributed by atoms with Crippen molar-refractivity contribution in [3.05, 3.63) is 0 Å². The van der Waals surface area contributed by atoms with E-state index in [0.29, 0.717) is 6.42 Å². The summed E-state index contributed by atoms with van der Waals surface area (Å²) in [5.41, 5.74) is 5.89. The number of nitrogens with zero attached hydrogens (tertiary/aromatic N) is 2. The number of imide groups is 1. The molecule has 0 aromatic carbocycles. The summed E-state index contributed by atoms with van der Waals surface area (Å²) < 4.78 is 0. The van der Waals surface area contributed by atoms with Crippen LogP contribution >= 0.6 is 0 Å². The van der Waals surface area contributed by atoms with Crippen LogP contribution in [0.3, 0.4) is 0 Å². The van der Waals surface area contributed by atoms with Crippen LogP contribution in [-0.4, -0.2) is 47.4 Å². The molecule has 2 saturated heterocycles. The minimum atomic E-state index is -0.193. The second kappa shape index (κ2) is 3.24. The van der Waals surface area contributed by atoms with Crippen LogP contribution in [-0.2, 0) is 4.79 Å². The van der Waals surface area contributed by atoms with Crippen molar-refractivity contribution < 1.29 is 9.59 Å². The van der Waals surface area contributed by atoms with E-state index in [1.165, 1.54) is 11.9 Å². The third-order valence-corrected chi connectivity index (χ3v) is 3.12. The van der Waals surface area contributed by atoms with Crippen LogP contribution < -0.4 is 5.73 Å². The lowest BCUT2D eigenvalue weighted by molar-refractivity contribution is -0.132. The van der Waals surface area contributed by atoms with Gasteiger partial charge in [0.05, 0.1) is 6.04 Å². The summed E-state index contributed by atoms with van der Waals surface area (Å²) in [6.45, 7) is 0.731. The van der Waals surface area contributed by atoms with Gasteiger partial charge in [-0.2, -0.15) is 0 Å². The molecule has 0 saturated carbocycles. The van der Waals surface area contributed by atoms with Gasteiger partial charge in [0, 0.05) is 26.1 Å². The van der Waals surface area contributed by atoms with Crippen LogP contribution in [0.1, 0.15) is 19.3 Å². The van der Waals surface area contributed by atoms with Crippen LogP contribution in [0.5, 0.6) is 0 Å². The summed E-state index contributed by atoms with van der Waals surface area (Å²) >= 11 is 0. The summed E-state index contributed by atoms with van der Waals surface area (Å²) in [5, 5.41) is 0. The highest BCUT2D eigenvalue weighted by atomic mass is 16.2. The molecule has 0 spiro atoms. The molecule has 14 heavy (non-hydrogen) atoms. The van der Waals surface area contributed by atoms with Gasteiger partial charge in [-0.3, -0.25) is 9.69 Å². The minimum absolute atomic E-state index is 0.0367. The number of carbonyl (C=O) groups is 2. The van der Waals surface area contributed by atoms with E-state index in [-0.39, 0.29) is 24.0 Å². The predicted molar refractivity (Wildman–Crippen MR) is 50.5 cm³/mol. The van der Waals surface area contributed by atoms with E-state index in [9.17, 15) is 9.59 Å². The Morgan fingerprint density at radius 1 is 1.43 bits per heavy atom. The number of carbonyl (C=O) groups excluding carboxylic acids is 2. The highest BCUT2D eigenvalue weighted by molar-refractivity contribution is 5.97. The Morgan fingerprint density at radius 3 is 2.86 bits per heavy atom. The number of amides is 3. The van der Waals surface area contributed by atoms with E-state index in [2.05, 4.69) is 0 Å². The zero-order chi connectivity index (χ0) is 10.3. The molecule has 0 aromatic rings. The van der Waals surface area contributed by atoms with Gasteiger partial charge in [0.25, 0.3) is 0 Å². The maximum Gasteiger partial charge on any atom is 0.326 e. The number of piperidine rings is 1. The minimum Gasteiger partial charge on any atom is -0.326 e. The van der Waals surface area contributed by atoms with Gasteiger partial charge in [0.2, 0.25) is 5.91 Å². The Hall–Kier alpha value is -1.10. The van der Waals surface area contributed by atoms with Crippen molar-refractivity contribution in [3.8, 4) is 0 Å². The lowest BCUT2D eigenvalue weighted by atomic mass is 9.93. The second-order valence-electron chi connectivity index (χ2n) is 4.01. The van der Waals surface area contributed by atoms with Crippen LogP contribution in [0, 0.1) is 0 Å². The molecule has 2 aliphatic rings. The first-order valence-electron chi connectivity index (χ1n) is 4.94. The zero-order valence-corrected chi connectivity index (χ0v) is 8.27. The van der Waals surface area contributed by atoms with E-state index >= 15 is 0 Å². The van der Waals surface area contributed by atoms with E-state index < -0.39 is 0 Å². The molecule has 2 aliphatic heterocycles. The highest BCUT2D eigenvalue weighted by Crippen LogP contribution is 2.24. The van der Waals surface area contributed by atoms with E-state index in [1.54, 1.807) is 4.90 Å². The summed E-state index contributed by atoms with van der Waals surface area (Å²) in [6, 6.07) is -0.299. The number of nitrogens with two attached hydrogens (primary N) is 1. The van der Waals surface area contributed by atoms with Crippen LogP contribution in [0.4, 0.5) is 4.79 Å². The normalized spacial score (nSPS) is 33.3. The first kappa shape index (κ1) is 9.45. The lowest BCUT2D eigenvalue weighted by Crippen LogP contribution is -2.62. The number of fused-ring (bicyclic) bond motifs is 1. The molecule has 2 heterocycles. The quantitative estimate of drug-likeness (QED) is 0.583. The number of rotatable bonds is 0. The van der Waals surface area contributed by atoms with Crippen molar-refractivity contribution in [3.63, 3.8) is 0 Å². The average molecular weight is 197 g/mol. The van der Waals surface area contributed by atoms with Crippen LogP contribution in [0.15, 0.2) is 0 Å². The van der Waals surface area contributed by atoms with E-state index in [1.807, 2.05) is 0 Å². The molecule has 0 bridgehead atoms. The number of urea groups is 1. The monoisotopic (exact) mass is 197 g/mol. The molecule has 0 aromatic heterocycles. The van der Waals surface area contributed by atoms with E-state index in [0.717, 1.165) is 19.4 Å². The van der Waals surface area contributed by atoms with Gasteiger partial charge in [-0.1, -0.05) is 0 Å². The van der Waals surface area contributed by atoms with Crippen molar-refractivity contribution in [1.29, 1.82) is 0 Å². The second-order valence-corrected chi connectivity index (χ2v) is 4.01. The number of hydrogen-bond acceptors (Lipinski definition) is 3. The molecule has 5 nitrogen and oxygen atoms in total. The fourth-order valence-electron chi connectivity index (χ4n) is 2.20. The van der Waals surface area contributed by atoms with Crippen molar-refractivity contribution in [2.75, 3.05) is 13.6 Å². The van der Waals surface area contributed by atoms with Gasteiger partial charge < -0.3 is 10.6 Å². The number of hydrogen-bond donors (Lipinski definition) is 1. The molecular formula is C9H15N3O2. The fourth-order valence-corrected chi connectivity index (χ4v) is 2.20. The van der Waals surface area contributed by atoms with Gasteiger partial charge >= 0.3 is 6.03 Å². The van der Waals surface area contributed by atoms with Crippen molar-refractivity contribution in [1.82, 2.24) is 9.80 Å². The van der Waals surface area contributed by atoms with Crippen LogP contribution in [0.2, 0.25) is 0 Å². The summed E-state index contributed by atoms with van der Waals surface area (Å²) in [6.07, 6.45) is 2.22. The summed E-state index contributed by atoms with van der Waals surface area (Å²) in [5.74, 6) is -0.117. The van der Waals surface area contributed by atoms with Crippen molar-refractivity contribution >= 4 is 11.9 Å². The maximum atomic E-state index is 11.7. The Balaban J connectivity index is 2.21. The highest BCUT2D eigenvalue weighted by Gasteiger charge is 2.41. The third kappa shape index (κ3) is 1.28. The largest absolute Gasteiger partial charge is 0.326 e. The van der Waals surface area contributed by atoms with Crippen molar-refractivity contribution in [2.45, 2.75) is 31.3 Å². The Labute approximate surface area is 82.8 Å². The molecular weight excluding hydrogens is 182 g/mol. The molecule has 3 amide bonds. The average Bonchev–Trinajstić information content (AvgIpc) is 2.17. The molecule has 5 heteroatoms. The van der Waals surface area contributed by atoms with E-state index in [4.69, 9.17) is 5.73 Å². The first-order chi connectivity index (χ1) is 6.61. The SMILES string of the molecule is CN1C(=O)CC2C(N)CCCN2C1=O. The summed E-state index contributed by atoms with van der Waals surface area (Å²) in [7, 11) is 1.53. The molecule has 2 fully saturated rings. The topological polar surface area (TPSA) is 66.6 Å². The Kier molecular flexibility index (Phi) is 2.19. The third-order valence-electron chi connectivity index (χ3n) is 3.12. The van der Waals surface area contributed by atoms with Crippen molar-refractivity contribution in [2.24, 2.45) is 5.73 Å². The van der Waals surface area contributed by atoms with Gasteiger partial charge in [0.1, 0.15) is 0 Å². The molecule has 2 N–H and O–H groups in total.